The highest BCUT2D eigenvalue weighted by molar-refractivity contribution is 5.92. The van der Waals surface area contributed by atoms with E-state index in [0.717, 1.165) is 0 Å². The quantitative estimate of drug-likeness (QED) is 0.646. The third-order valence-corrected chi connectivity index (χ3v) is 2.56. The zero-order valence-corrected chi connectivity index (χ0v) is 10.4. The number of hydrogen-bond acceptors (Lipinski definition) is 3. The fourth-order valence-corrected chi connectivity index (χ4v) is 1.43. The fourth-order valence-electron chi connectivity index (χ4n) is 1.43. The van der Waals surface area contributed by atoms with Crippen LogP contribution in [0.5, 0.6) is 0 Å². The van der Waals surface area contributed by atoms with Crippen LogP contribution in [-0.2, 0) is 4.79 Å². The highest BCUT2D eigenvalue weighted by Crippen LogP contribution is 2.11. The van der Waals surface area contributed by atoms with Crippen LogP contribution >= 0.6 is 0 Å². The summed E-state index contributed by atoms with van der Waals surface area (Å²) in [6, 6.07) is 6.02. The normalized spacial score (nSPS) is 12.2. The van der Waals surface area contributed by atoms with Crippen molar-refractivity contribution in [3.05, 3.63) is 30.1 Å². The van der Waals surface area contributed by atoms with Gasteiger partial charge in [-0.3, -0.25) is 4.79 Å². The molecule has 1 aromatic carbocycles. The van der Waals surface area contributed by atoms with Crippen LogP contribution in [0.3, 0.4) is 0 Å². The Balaban J connectivity index is 2.24. The van der Waals surface area contributed by atoms with Gasteiger partial charge in [-0.1, -0.05) is 19.1 Å². The molecule has 1 atom stereocenters. The fraction of sp³-hybridized carbons (Fsp3) is 0.462. The molecule has 0 bridgehead atoms. The summed E-state index contributed by atoms with van der Waals surface area (Å²) in [5.41, 5.74) is 0.179. The Kier molecular flexibility index (Phi) is 6.32. The molecule has 18 heavy (non-hydrogen) atoms. The Bertz CT molecular complexity index is 385. The lowest BCUT2D eigenvalue weighted by atomic mass is 10.2. The van der Waals surface area contributed by atoms with Crippen LogP contribution < -0.4 is 10.6 Å². The van der Waals surface area contributed by atoms with Crippen LogP contribution in [0.1, 0.15) is 19.8 Å². The number of nitrogens with one attached hydrogen (secondary N) is 2. The van der Waals surface area contributed by atoms with Crippen LogP contribution in [0.4, 0.5) is 10.1 Å². The Hall–Kier alpha value is -1.46. The van der Waals surface area contributed by atoms with Crippen LogP contribution in [0, 0.1) is 5.82 Å². The summed E-state index contributed by atoms with van der Waals surface area (Å²) >= 11 is 0. The van der Waals surface area contributed by atoms with E-state index in [2.05, 4.69) is 10.6 Å². The largest absolute Gasteiger partial charge is 0.393 e. The molecular formula is C13H19FN2O2. The van der Waals surface area contributed by atoms with Crippen LogP contribution in [0.25, 0.3) is 0 Å². The average Bonchev–Trinajstić information content (AvgIpc) is 2.37. The second-order valence-electron chi connectivity index (χ2n) is 4.06. The van der Waals surface area contributed by atoms with Crippen molar-refractivity contribution in [1.82, 2.24) is 5.32 Å². The van der Waals surface area contributed by atoms with Crippen molar-refractivity contribution in [3.63, 3.8) is 0 Å². The monoisotopic (exact) mass is 254 g/mol. The molecule has 0 spiro atoms. The summed E-state index contributed by atoms with van der Waals surface area (Å²) in [7, 11) is 0. The minimum absolute atomic E-state index is 0.102. The number of halogens is 1. The van der Waals surface area contributed by atoms with Crippen molar-refractivity contribution in [2.45, 2.75) is 25.9 Å². The first-order valence-electron chi connectivity index (χ1n) is 6.06. The Morgan fingerprint density at radius 1 is 1.44 bits per heavy atom. The van der Waals surface area contributed by atoms with Crippen LogP contribution in [0.2, 0.25) is 0 Å². The molecule has 0 saturated heterocycles. The van der Waals surface area contributed by atoms with Gasteiger partial charge in [-0.2, -0.15) is 0 Å². The van der Waals surface area contributed by atoms with Crippen molar-refractivity contribution in [2.24, 2.45) is 0 Å². The van der Waals surface area contributed by atoms with E-state index in [-0.39, 0.29) is 24.2 Å². The standard InChI is InChI=1S/C13H19FN2O2/c1-2-10(17)7-8-15-9-13(18)16-12-6-4-3-5-11(12)14/h3-6,10,15,17H,2,7-9H2,1H3,(H,16,18). The number of amides is 1. The molecule has 4 nitrogen and oxygen atoms in total. The van der Waals surface area contributed by atoms with Crippen molar-refractivity contribution in [1.29, 1.82) is 0 Å². The van der Waals surface area contributed by atoms with E-state index in [1.165, 1.54) is 12.1 Å². The molecule has 1 unspecified atom stereocenters. The summed E-state index contributed by atoms with van der Waals surface area (Å²) < 4.78 is 13.2. The number of rotatable bonds is 7. The molecule has 100 valence electrons. The number of benzene rings is 1. The second kappa shape index (κ2) is 7.79. The highest BCUT2D eigenvalue weighted by Gasteiger charge is 2.06. The van der Waals surface area contributed by atoms with E-state index < -0.39 is 5.82 Å². The van der Waals surface area contributed by atoms with E-state index in [9.17, 15) is 14.3 Å². The number of hydrogen-bond donors (Lipinski definition) is 3. The van der Waals surface area contributed by atoms with E-state index in [0.29, 0.717) is 19.4 Å². The summed E-state index contributed by atoms with van der Waals surface area (Å²) in [5.74, 6) is -0.752. The number of carbonyl (C=O) groups is 1. The lowest BCUT2D eigenvalue weighted by Gasteiger charge is -2.09. The summed E-state index contributed by atoms with van der Waals surface area (Å²) in [4.78, 5) is 11.5. The van der Waals surface area contributed by atoms with Gasteiger partial charge in [0.1, 0.15) is 5.82 Å². The maximum Gasteiger partial charge on any atom is 0.238 e. The highest BCUT2D eigenvalue weighted by atomic mass is 19.1. The molecule has 0 aliphatic carbocycles. The van der Waals surface area contributed by atoms with Gasteiger partial charge in [-0.05, 0) is 31.5 Å². The molecule has 1 aromatic rings. The van der Waals surface area contributed by atoms with Crippen molar-refractivity contribution >= 4 is 11.6 Å². The Morgan fingerprint density at radius 2 is 2.17 bits per heavy atom. The van der Waals surface area contributed by atoms with Gasteiger partial charge in [0.25, 0.3) is 0 Å². The summed E-state index contributed by atoms with van der Waals surface area (Å²) in [6.45, 7) is 2.56. The second-order valence-corrected chi connectivity index (χ2v) is 4.06. The first-order valence-corrected chi connectivity index (χ1v) is 6.06. The summed E-state index contributed by atoms with van der Waals surface area (Å²) in [6.07, 6.45) is 0.958. The molecule has 1 amide bonds. The molecule has 0 aliphatic heterocycles. The van der Waals surface area contributed by atoms with Gasteiger partial charge >= 0.3 is 0 Å². The number of aliphatic hydroxyl groups is 1. The topological polar surface area (TPSA) is 61.4 Å². The molecule has 0 aliphatic rings. The molecule has 1 rings (SSSR count). The van der Waals surface area contributed by atoms with Gasteiger partial charge < -0.3 is 15.7 Å². The molecule has 0 fully saturated rings. The average molecular weight is 254 g/mol. The third kappa shape index (κ3) is 5.25. The van der Waals surface area contributed by atoms with Crippen molar-refractivity contribution in [2.75, 3.05) is 18.4 Å². The molecule has 0 heterocycles. The minimum Gasteiger partial charge on any atom is -0.393 e. The molecule has 0 aromatic heterocycles. The van der Waals surface area contributed by atoms with Gasteiger partial charge in [-0.15, -0.1) is 0 Å². The number of anilines is 1. The van der Waals surface area contributed by atoms with Crippen molar-refractivity contribution < 1.29 is 14.3 Å². The predicted molar refractivity (Wildman–Crippen MR) is 68.8 cm³/mol. The third-order valence-electron chi connectivity index (χ3n) is 2.56. The maximum absolute atomic E-state index is 13.2. The Morgan fingerprint density at radius 3 is 2.83 bits per heavy atom. The van der Waals surface area contributed by atoms with Crippen LogP contribution in [-0.4, -0.2) is 30.2 Å². The van der Waals surface area contributed by atoms with Gasteiger partial charge in [0.15, 0.2) is 0 Å². The summed E-state index contributed by atoms with van der Waals surface area (Å²) in [5, 5.41) is 14.7. The SMILES string of the molecule is CCC(O)CCNCC(=O)Nc1ccccc1F. The first-order chi connectivity index (χ1) is 8.63. The number of aliphatic hydroxyl groups excluding tert-OH is 1. The van der Waals surface area contributed by atoms with Crippen molar-refractivity contribution in [3.8, 4) is 0 Å². The molecule has 5 heteroatoms. The molecule has 0 saturated carbocycles. The van der Waals surface area contributed by atoms with Gasteiger partial charge in [-0.25, -0.2) is 4.39 Å². The van der Waals surface area contributed by atoms with Gasteiger partial charge in [0.2, 0.25) is 5.91 Å². The Labute approximate surface area is 106 Å². The zero-order valence-electron chi connectivity index (χ0n) is 10.4. The maximum atomic E-state index is 13.2. The van der Waals surface area contributed by atoms with E-state index in [1.54, 1.807) is 12.1 Å². The van der Waals surface area contributed by atoms with Crippen LogP contribution in [0.15, 0.2) is 24.3 Å². The lowest BCUT2D eigenvalue weighted by molar-refractivity contribution is -0.115. The smallest absolute Gasteiger partial charge is 0.238 e. The van der Waals surface area contributed by atoms with E-state index in [4.69, 9.17) is 0 Å². The minimum atomic E-state index is -0.452. The van der Waals surface area contributed by atoms with E-state index in [1.807, 2.05) is 6.92 Å². The lowest BCUT2D eigenvalue weighted by Crippen LogP contribution is -2.30. The molecule has 3 N–H and O–H groups in total. The predicted octanol–water partition coefficient (Wildman–Crippen LogP) is 1.51. The number of para-hydroxylation sites is 1. The van der Waals surface area contributed by atoms with Gasteiger partial charge in [0.05, 0.1) is 18.3 Å². The van der Waals surface area contributed by atoms with Gasteiger partial charge in [0, 0.05) is 0 Å². The van der Waals surface area contributed by atoms with E-state index >= 15 is 0 Å². The zero-order chi connectivity index (χ0) is 13.4. The molecule has 0 radical (unpaired) electrons. The molecular weight excluding hydrogens is 235 g/mol. The number of carbonyl (C=O) groups excluding carboxylic acids is 1. The first kappa shape index (κ1) is 14.6.